The first-order chi connectivity index (χ1) is 12.8. The van der Waals surface area contributed by atoms with Crippen LogP contribution in [0.4, 0.5) is 0 Å². The Morgan fingerprint density at radius 1 is 0.769 bits per heavy atom. The van der Waals surface area contributed by atoms with Gasteiger partial charge >= 0.3 is 0 Å². The van der Waals surface area contributed by atoms with Gasteiger partial charge in [-0.3, -0.25) is 0 Å². The molecular weight excluding hydrogens is 312 g/mol. The molecule has 0 nitrogen and oxygen atoms in total. The van der Waals surface area contributed by atoms with Crippen LogP contribution in [0.1, 0.15) is 35.1 Å². The van der Waals surface area contributed by atoms with Crippen molar-refractivity contribution >= 4 is 0 Å². The summed E-state index contributed by atoms with van der Waals surface area (Å²) in [7, 11) is 0. The molecule has 0 heterocycles. The summed E-state index contributed by atoms with van der Waals surface area (Å²) in [6.45, 7) is 2.27. The quantitative estimate of drug-likeness (QED) is 0.496. The van der Waals surface area contributed by atoms with Gasteiger partial charge in [0.05, 0.1) is 5.41 Å². The molecule has 3 aromatic carbocycles. The van der Waals surface area contributed by atoms with Crippen molar-refractivity contribution in [1.29, 1.82) is 0 Å². The first-order valence-electron chi connectivity index (χ1n) is 9.45. The van der Waals surface area contributed by atoms with Gasteiger partial charge in [-0.2, -0.15) is 0 Å². The molecule has 3 aromatic rings. The molecule has 2 aliphatic rings. The lowest BCUT2D eigenvalue weighted by Gasteiger charge is -2.37. The monoisotopic (exact) mass is 334 g/mol. The van der Waals surface area contributed by atoms with E-state index in [4.69, 9.17) is 0 Å². The first-order valence-corrected chi connectivity index (χ1v) is 9.45. The molecule has 0 fully saturated rings. The first kappa shape index (κ1) is 15.4. The van der Waals surface area contributed by atoms with Crippen molar-refractivity contribution in [3.63, 3.8) is 0 Å². The van der Waals surface area contributed by atoms with Crippen molar-refractivity contribution in [1.82, 2.24) is 0 Å². The summed E-state index contributed by atoms with van der Waals surface area (Å²) in [5.74, 6) is 0. The topological polar surface area (TPSA) is 0 Å². The van der Waals surface area contributed by atoms with Gasteiger partial charge in [-0.1, -0.05) is 96.6 Å². The average molecular weight is 334 g/mol. The summed E-state index contributed by atoms with van der Waals surface area (Å²) in [5.41, 5.74) is 9.74. The van der Waals surface area contributed by atoms with Gasteiger partial charge in [0.1, 0.15) is 0 Å². The highest BCUT2D eigenvalue weighted by atomic mass is 14.5. The van der Waals surface area contributed by atoms with E-state index in [9.17, 15) is 0 Å². The number of benzene rings is 3. The van der Waals surface area contributed by atoms with Crippen molar-refractivity contribution in [2.75, 3.05) is 0 Å². The molecule has 0 saturated carbocycles. The van der Waals surface area contributed by atoms with Crippen LogP contribution in [0.3, 0.4) is 0 Å². The minimum atomic E-state index is -0.177. The number of fused-ring (bicyclic) bond motifs is 3. The molecule has 0 radical (unpaired) electrons. The van der Waals surface area contributed by atoms with E-state index in [1.165, 1.54) is 39.0 Å². The van der Waals surface area contributed by atoms with Gasteiger partial charge in [0.2, 0.25) is 0 Å². The van der Waals surface area contributed by atoms with E-state index in [0.717, 1.165) is 12.8 Å². The third kappa shape index (κ3) is 1.96. The maximum Gasteiger partial charge on any atom is 0.0679 e. The Hall–Kier alpha value is -2.86. The van der Waals surface area contributed by atoms with Gasteiger partial charge in [0, 0.05) is 0 Å². The van der Waals surface area contributed by atoms with Crippen molar-refractivity contribution in [3.8, 4) is 11.1 Å². The Bertz CT molecular complexity index is 1040. The highest BCUT2D eigenvalue weighted by Gasteiger charge is 2.47. The van der Waals surface area contributed by atoms with E-state index in [1.54, 1.807) is 0 Å². The zero-order valence-electron chi connectivity index (χ0n) is 15.1. The Morgan fingerprint density at radius 2 is 1.54 bits per heavy atom. The highest BCUT2D eigenvalue weighted by molar-refractivity contribution is 5.87. The van der Waals surface area contributed by atoms with Crippen LogP contribution < -0.4 is 0 Å². The van der Waals surface area contributed by atoms with Crippen LogP contribution >= 0.6 is 0 Å². The molecule has 0 aromatic heterocycles. The van der Waals surface area contributed by atoms with E-state index in [2.05, 4.69) is 97.9 Å². The molecule has 126 valence electrons. The number of rotatable bonds is 2. The molecule has 1 unspecified atom stereocenters. The van der Waals surface area contributed by atoms with E-state index < -0.39 is 0 Å². The fraction of sp³-hybridized carbons (Fsp3) is 0.154. The van der Waals surface area contributed by atoms with Crippen LogP contribution in [0.15, 0.2) is 96.6 Å². The largest absolute Gasteiger partial charge is 0.0842 e. The average Bonchev–Trinajstić information content (AvgIpc) is 3.02. The molecule has 0 heteroatoms. The molecule has 0 bridgehead atoms. The predicted octanol–water partition coefficient (Wildman–Crippen LogP) is 6.59. The summed E-state index contributed by atoms with van der Waals surface area (Å²) >= 11 is 0. The fourth-order valence-electron chi connectivity index (χ4n) is 4.99. The molecule has 5 rings (SSSR count). The molecule has 0 saturated heterocycles. The van der Waals surface area contributed by atoms with Crippen LogP contribution in [-0.2, 0) is 5.41 Å². The summed E-state index contributed by atoms with van der Waals surface area (Å²) < 4.78 is 0. The molecule has 0 amide bonds. The second kappa shape index (κ2) is 5.85. The Morgan fingerprint density at radius 3 is 2.35 bits per heavy atom. The number of hydrogen-bond acceptors (Lipinski definition) is 0. The lowest BCUT2D eigenvalue weighted by atomic mass is 9.64. The second-order valence-electron chi connectivity index (χ2n) is 7.32. The van der Waals surface area contributed by atoms with Crippen molar-refractivity contribution in [2.24, 2.45) is 0 Å². The van der Waals surface area contributed by atoms with Gasteiger partial charge in [-0.05, 0) is 53.1 Å². The van der Waals surface area contributed by atoms with Crippen molar-refractivity contribution in [2.45, 2.75) is 25.2 Å². The summed E-state index contributed by atoms with van der Waals surface area (Å²) in [5, 5.41) is 0. The Labute approximate surface area is 155 Å². The summed E-state index contributed by atoms with van der Waals surface area (Å²) in [6.07, 6.45) is 9.09. The minimum absolute atomic E-state index is 0.177. The zero-order valence-corrected chi connectivity index (χ0v) is 15.1. The van der Waals surface area contributed by atoms with Gasteiger partial charge in [0.25, 0.3) is 0 Å². The van der Waals surface area contributed by atoms with Crippen LogP contribution in [-0.4, -0.2) is 0 Å². The predicted molar refractivity (Wildman–Crippen MR) is 109 cm³/mol. The van der Waals surface area contributed by atoms with Gasteiger partial charge in [-0.15, -0.1) is 0 Å². The normalized spacial score (nSPS) is 20.4. The van der Waals surface area contributed by atoms with Gasteiger partial charge < -0.3 is 0 Å². The Balaban J connectivity index is 1.97. The molecule has 0 aliphatic heterocycles. The van der Waals surface area contributed by atoms with Crippen LogP contribution in [0.5, 0.6) is 0 Å². The molecule has 2 aliphatic carbocycles. The minimum Gasteiger partial charge on any atom is -0.0842 e. The maximum atomic E-state index is 2.36. The SMILES string of the molecule is Cc1cccc2c1C(C1=CC=CCC1)(c1ccccc1)c1ccccc1-2. The smallest absolute Gasteiger partial charge is 0.0679 e. The fourth-order valence-corrected chi connectivity index (χ4v) is 4.99. The van der Waals surface area contributed by atoms with Crippen molar-refractivity contribution in [3.05, 3.63) is 119 Å². The van der Waals surface area contributed by atoms with Crippen molar-refractivity contribution < 1.29 is 0 Å². The van der Waals surface area contributed by atoms with Crippen LogP contribution in [0.2, 0.25) is 0 Å². The second-order valence-corrected chi connectivity index (χ2v) is 7.32. The molecule has 0 spiro atoms. The van der Waals surface area contributed by atoms with E-state index in [1.807, 2.05) is 0 Å². The lowest BCUT2D eigenvalue weighted by molar-refractivity contribution is 0.688. The van der Waals surface area contributed by atoms with E-state index in [0.29, 0.717) is 0 Å². The summed E-state index contributed by atoms with van der Waals surface area (Å²) in [4.78, 5) is 0. The number of hydrogen-bond donors (Lipinski definition) is 0. The third-order valence-corrected chi connectivity index (χ3v) is 5.97. The standard InChI is InChI=1S/C26H22/c1-19-11-10-17-23-22-16-8-9-18-24(22)26(25(19)23,20-12-4-2-5-13-20)21-14-6-3-7-15-21/h2-6,8-14,16-18H,7,15H2,1H3. The zero-order chi connectivity index (χ0) is 17.6. The maximum absolute atomic E-state index is 2.36. The number of allylic oxidation sites excluding steroid dienone is 4. The Kier molecular flexibility index (Phi) is 3.46. The molecule has 26 heavy (non-hydrogen) atoms. The number of aryl methyl sites for hydroxylation is 1. The van der Waals surface area contributed by atoms with Gasteiger partial charge in [-0.25, -0.2) is 0 Å². The molecule has 1 atom stereocenters. The molecular formula is C26H22. The van der Waals surface area contributed by atoms with E-state index >= 15 is 0 Å². The lowest BCUT2D eigenvalue weighted by Crippen LogP contribution is -2.31. The van der Waals surface area contributed by atoms with Gasteiger partial charge in [0.15, 0.2) is 0 Å². The van der Waals surface area contributed by atoms with Crippen LogP contribution in [0, 0.1) is 6.92 Å². The molecule has 0 N–H and O–H groups in total. The highest BCUT2D eigenvalue weighted by Crippen LogP contribution is 2.58. The third-order valence-electron chi connectivity index (χ3n) is 5.97. The summed E-state index contributed by atoms with van der Waals surface area (Å²) in [6, 6.07) is 26.8. The van der Waals surface area contributed by atoms with E-state index in [-0.39, 0.29) is 5.41 Å². The van der Waals surface area contributed by atoms with Crippen LogP contribution in [0.25, 0.3) is 11.1 Å².